The maximum Gasteiger partial charge on any atom is 0.127 e. The number of hydrogen-bond acceptors (Lipinski definition) is 2. The Morgan fingerprint density at radius 1 is 1.38 bits per heavy atom. The van der Waals surface area contributed by atoms with Gasteiger partial charge in [-0.3, -0.25) is 0 Å². The van der Waals surface area contributed by atoms with Gasteiger partial charge in [0.2, 0.25) is 0 Å². The molecule has 0 aliphatic carbocycles. The fourth-order valence-electron chi connectivity index (χ4n) is 1.37. The van der Waals surface area contributed by atoms with Gasteiger partial charge in [-0.25, -0.2) is 0 Å². The molecule has 1 aromatic carbocycles. The van der Waals surface area contributed by atoms with E-state index in [4.69, 9.17) is 5.73 Å². The fourth-order valence-corrected chi connectivity index (χ4v) is 1.37. The van der Waals surface area contributed by atoms with Gasteiger partial charge in [0, 0.05) is 11.6 Å². The Morgan fingerprint density at radius 3 is 2.46 bits per heavy atom. The molecular weight excluding hydrogens is 162 g/mol. The quantitative estimate of drug-likeness (QED) is 0.566. The van der Waals surface area contributed by atoms with Gasteiger partial charge in [-0.2, -0.15) is 0 Å². The molecule has 2 heteroatoms. The second kappa shape index (κ2) is 4.65. The van der Waals surface area contributed by atoms with Gasteiger partial charge in [0.15, 0.2) is 0 Å². The number of aldehydes is 1. The second-order valence-corrected chi connectivity index (χ2v) is 3.20. The largest absolute Gasteiger partial charge is 0.399 e. The summed E-state index contributed by atoms with van der Waals surface area (Å²) in [5, 5.41) is 0. The van der Waals surface area contributed by atoms with E-state index < -0.39 is 0 Å². The van der Waals surface area contributed by atoms with Crippen LogP contribution in [0.3, 0.4) is 0 Å². The van der Waals surface area contributed by atoms with Crippen LogP contribution in [0.1, 0.15) is 31.2 Å². The van der Waals surface area contributed by atoms with Crippen LogP contribution in [0.4, 0.5) is 5.69 Å². The topological polar surface area (TPSA) is 43.1 Å². The van der Waals surface area contributed by atoms with Crippen molar-refractivity contribution in [2.45, 2.75) is 25.7 Å². The van der Waals surface area contributed by atoms with Crippen LogP contribution in [0.5, 0.6) is 0 Å². The molecule has 1 unspecified atom stereocenters. The van der Waals surface area contributed by atoms with Crippen molar-refractivity contribution in [2.24, 2.45) is 0 Å². The van der Waals surface area contributed by atoms with E-state index in [1.54, 1.807) is 0 Å². The summed E-state index contributed by atoms with van der Waals surface area (Å²) in [5.41, 5.74) is 7.36. The summed E-state index contributed by atoms with van der Waals surface area (Å²) in [6.45, 7) is 2.08. The molecule has 1 aromatic rings. The molecular formula is C11H15NO. The molecule has 0 heterocycles. The molecule has 0 aromatic heterocycles. The van der Waals surface area contributed by atoms with Crippen molar-refractivity contribution in [3.05, 3.63) is 29.8 Å². The molecule has 0 bridgehead atoms. The standard InChI is InChI=1S/C11H15NO/c1-2-3-10(8-13)9-4-6-11(12)7-5-9/h4-8,10H,2-3,12H2,1H3. The van der Waals surface area contributed by atoms with Crippen LogP contribution in [0.25, 0.3) is 0 Å². The van der Waals surface area contributed by atoms with Crippen molar-refractivity contribution < 1.29 is 4.79 Å². The van der Waals surface area contributed by atoms with Crippen LogP contribution in [-0.4, -0.2) is 6.29 Å². The predicted molar refractivity (Wildman–Crippen MR) is 54.6 cm³/mol. The molecule has 0 aliphatic heterocycles. The Hall–Kier alpha value is -1.31. The smallest absolute Gasteiger partial charge is 0.127 e. The highest BCUT2D eigenvalue weighted by atomic mass is 16.1. The first-order chi connectivity index (χ1) is 6.27. The van der Waals surface area contributed by atoms with E-state index in [-0.39, 0.29) is 5.92 Å². The zero-order valence-electron chi connectivity index (χ0n) is 7.86. The average Bonchev–Trinajstić information content (AvgIpc) is 2.16. The third kappa shape index (κ3) is 2.58. The van der Waals surface area contributed by atoms with Crippen molar-refractivity contribution >= 4 is 12.0 Å². The van der Waals surface area contributed by atoms with Crippen molar-refractivity contribution in [1.82, 2.24) is 0 Å². The Bertz CT molecular complexity index is 266. The maximum atomic E-state index is 10.7. The van der Waals surface area contributed by atoms with Crippen LogP contribution in [0.15, 0.2) is 24.3 Å². The van der Waals surface area contributed by atoms with E-state index in [0.29, 0.717) is 0 Å². The minimum absolute atomic E-state index is 0.0330. The molecule has 0 aliphatic rings. The zero-order valence-corrected chi connectivity index (χ0v) is 7.86. The van der Waals surface area contributed by atoms with Crippen LogP contribution >= 0.6 is 0 Å². The number of carbonyl (C=O) groups is 1. The van der Waals surface area contributed by atoms with Crippen LogP contribution in [0.2, 0.25) is 0 Å². The highest BCUT2D eigenvalue weighted by molar-refractivity contribution is 5.62. The molecule has 1 rings (SSSR count). The lowest BCUT2D eigenvalue weighted by Gasteiger charge is -2.08. The molecule has 0 spiro atoms. The normalized spacial score (nSPS) is 12.4. The molecule has 0 saturated heterocycles. The summed E-state index contributed by atoms with van der Waals surface area (Å²) in [4.78, 5) is 10.7. The van der Waals surface area contributed by atoms with Gasteiger partial charge in [-0.05, 0) is 24.1 Å². The lowest BCUT2D eigenvalue weighted by atomic mass is 9.96. The number of anilines is 1. The Morgan fingerprint density at radius 2 is 2.00 bits per heavy atom. The van der Waals surface area contributed by atoms with Gasteiger partial charge < -0.3 is 10.5 Å². The van der Waals surface area contributed by atoms with E-state index in [2.05, 4.69) is 6.92 Å². The van der Waals surface area contributed by atoms with E-state index in [1.165, 1.54) is 0 Å². The van der Waals surface area contributed by atoms with Gasteiger partial charge in [0.05, 0.1) is 0 Å². The van der Waals surface area contributed by atoms with Gasteiger partial charge in [-0.1, -0.05) is 25.5 Å². The zero-order chi connectivity index (χ0) is 9.68. The maximum absolute atomic E-state index is 10.7. The van der Waals surface area contributed by atoms with E-state index in [0.717, 1.165) is 30.4 Å². The van der Waals surface area contributed by atoms with Gasteiger partial charge >= 0.3 is 0 Å². The molecule has 2 nitrogen and oxygen atoms in total. The van der Waals surface area contributed by atoms with Crippen LogP contribution < -0.4 is 5.73 Å². The minimum Gasteiger partial charge on any atom is -0.399 e. The van der Waals surface area contributed by atoms with E-state index in [9.17, 15) is 4.79 Å². The first kappa shape index (κ1) is 9.78. The molecule has 2 N–H and O–H groups in total. The molecule has 1 atom stereocenters. The predicted octanol–water partition coefficient (Wildman–Crippen LogP) is 2.35. The monoisotopic (exact) mass is 177 g/mol. The van der Waals surface area contributed by atoms with Crippen LogP contribution in [0, 0.1) is 0 Å². The van der Waals surface area contributed by atoms with Crippen molar-refractivity contribution in [2.75, 3.05) is 5.73 Å². The second-order valence-electron chi connectivity index (χ2n) is 3.20. The van der Waals surface area contributed by atoms with Gasteiger partial charge in [-0.15, -0.1) is 0 Å². The molecule has 0 saturated carbocycles. The highest BCUT2D eigenvalue weighted by Gasteiger charge is 2.07. The number of carbonyl (C=O) groups excluding carboxylic acids is 1. The summed E-state index contributed by atoms with van der Waals surface area (Å²) < 4.78 is 0. The summed E-state index contributed by atoms with van der Waals surface area (Å²) in [6.07, 6.45) is 2.94. The number of rotatable bonds is 4. The SMILES string of the molecule is CCCC(C=O)c1ccc(N)cc1. The summed E-state index contributed by atoms with van der Waals surface area (Å²) >= 11 is 0. The number of nitrogen functional groups attached to an aromatic ring is 1. The van der Waals surface area contributed by atoms with Crippen molar-refractivity contribution in [3.8, 4) is 0 Å². The first-order valence-corrected chi connectivity index (χ1v) is 4.58. The number of benzene rings is 1. The van der Waals surface area contributed by atoms with Crippen molar-refractivity contribution in [1.29, 1.82) is 0 Å². The molecule has 13 heavy (non-hydrogen) atoms. The summed E-state index contributed by atoms with van der Waals surface area (Å²) in [7, 11) is 0. The van der Waals surface area contributed by atoms with E-state index >= 15 is 0 Å². The first-order valence-electron chi connectivity index (χ1n) is 4.58. The number of hydrogen-bond donors (Lipinski definition) is 1. The van der Waals surface area contributed by atoms with Gasteiger partial charge in [0.25, 0.3) is 0 Å². The van der Waals surface area contributed by atoms with E-state index in [1.807, 2.05) is 24.3 Å². The molecule has 0 fully saturated rings. The molecule has 0 amide bonds. The van der Waals surface area contributed by atoms with Gasteiger partial charge in [0.1, 0.15) is 6.29 Å². The lowest BCUT2D eigenvalue weighted by molar-refractivity contribution is -0.109. The molecule has 0 radical (unpaired) electrons. The highest BCUT2D eigenvalue weighted by Crippen LogP contribution is 2.19. The Balaban J connectivity index is 2.79. The van der Waals surface area contributed by atoms with Crippen molar-refractivity contribution in [3.63, 3.8) is 0 Å². The number of nitrogens with two attached hydrogens (primary N) is 1. The third-order valence-corrected chi connectivity index (χ3v) is 2.13. The summed E-state index contributed by atoms with van der Waals surface area (Å²) in [5.74, 6) is 0.0330. The Labute approximate surface area is 78.8 Å². The Kier molecular flexibility index (Phi) is 3.50. The lowest BCUT2D eigenvalue weighted by Crippen LogP contribution is -1.99. The average molecular weight is 177 g/mol. The molecule has 70 valence electrons. The third-order valence-electron chi connectivity index (χ3n) is 2.13. The van der Waals surface area contributed by atoms with Crippen LogP contribution in [-0.2, 0) is 4.79 Å². The summed E-state index contributed by atoms with van der Waals surface area (Å²) in [6, 6.07) is 7.51. The fraction of sp³-hybridized carbons (Fsp3) is 0.364. The minimum atomic E-state index is 0.0330.